The van der Waals surface area contributed by atoms with Crippen molar-refractivity contribution in [3.63, 3.8) is 0 Å². The number of primary amides is 1. The first kappa shape index (κ1) is 13.2. The molecule has 0 fully saturated rings. The van der Waals surface area contributed by atoms with Crippen molar-refractivity contribution < 1.29 is 9.21 Å². The third-order valence-corrected chi connectivity index (χ3v) is 2.90. The van der Waals surface area contributed by atoms with E-state index in [1.807, 2.05) is 36.4 Å². The largest absolute Gasteiger partial charge is 0.464 e. The van der Waals surface area contributed by atoms with Crippen LogP contribution in [0, 0.1) is 0 Å². The number of nitrogens with one attached hydrogen (secondary N) is 1. The van der Waals surface area contributed by atoms with Crippen LogP contribution in [0.15, 0.2) is 40.8 Å². The van der Waals surface area contributed by atoms with E-state index in [1.54, 1.807) is 0 Å². The highest BCUT2D eigenvalue weighted by molar-refractivity contribution is 5.78. The summed E-state index contributed by atoms with van der Waals surface area (Å²) in [5.41, 5.74) is 7.05. The molecule has 0 atom stereocenters. The highest BCUT2D eigenvalue weighted by Crippen LogP contribution is 2.17. The van der Waals surface area contributed by atoms with E-state index in [1.165, 1.54) is 0 Å². The van der Waals surface area contributed by atoms with Gasteiger partial charge in [0.2, 0.25) is 5.91 Å². The van der Waals surface area contributed by atoms with Gasteiger partial charge in [0.1, 0.15) is 11.5 Å². The van der Waals surface area contributed by atoms with Crippen molar-refractivity contribution in [3.8, 4) is 0 Å². The quantitative estimate of drug-likeness (QED) is 0.836. The van der Waals surface area contributed by atoms with Crippen LogP contribution in [-0.2, 0) is 24.2 Å². The standard InChI is InChI=1S/C15H18N2O2/c1-2-12-7-8-13(19-12)10-17-14-6-4-3-5-11(14)9-15(16)18/h3-8,17H,2,9-10H2,1H3,(H2,16,18). The second-order valence-electron chi connectivity index (χ2n) is 4.38. The zero-order chi connectivity index (χ0) is 13.7. The molecular weight excluding hydrogens is 240 g/mol. The first-order chi connectivity index (χ1) is 9.19. The predicted molar refractivity (Wildman–Crippen MR) is 74.8 cm³/mol. The number of rotatable bonds is 6. The van der Waals surface area contributed by atoms with Gasteiger partial charge < -0.3 is 15.5 Å². The molecule has 0 aliphatic rings. The number of hydrogen-bond acceptors (Lipinski definition) is 3. The molecule has 3 N–H and O–H groups in total. The first-order valence-corrected chi connectivity index (χ1v) is 6.36. The van der Waals surface area contributed by atoms with Crippen LogP contribution in [0.25, 0.3) is 0 Å². The predicted octanol–water partition coefficient (Wildman–Crippen LogP) is 2.48. The topological polar surface area (TPSA) is 68.3 Å². The van der Waals surface area contributed by atoms with Gasteiger partial charge in [-0.3, -0.25) is 4.79 Å². The summed E-state index contributed by atoms with van der Waals surface area (Å²) in [4.78, 5) is 11.0. The van der Waals surface area contributed by atoms with Crippen LogP contribution < -0.4 is 11.1 Å². The maximum Gasteiger partial charge on any atom is 0.221 e. The molecule has 0 saturated heterocycles. The van der Waals surface area contributed by atoms with Crippen molar-refractivity contribution in [2.75, 3.05) is 5.32 Å². The van der Waals surface area contributed by atoms with Gasteiger partial charge >= 0.3 is 0 Å². The number of benzene rings is 1. The third-order valence-electron chi connectivity index (χ3n) is 2.90. The van der Waals surface area contributed by atoms with E-state index in [2.05, 4.69) is 12.2 Å². The molecule has 1 aromatic heterocycles. The number of para-hydroxylation sites is 1. The number of anilines is 1. The molecule has 1 heterocycles. The van der Waals surface area contributed by atoms with Gasteiger partial charge in [0.25, 0.3) is 0 Å². The normalized spacial score (nSPS) is 10.4. The number of nitrogens with two attached hydrogens (primary N) is 1. The molecule has 1 amide bonds. The molecule has 0 saturated carbocycles. The van der Waals surface area contributed by atoms with Gasteiger partial charge in [-0.15, -0.1) is 0 Å². The van der Waals surface area contributed by atoms with Gasteiger partial charge in [0.15, 0.2) is 0 Å². The van der Waals surface area contributed by atoms with E-state index in [0.717, 1.165) is 29.2 Å². The Bertz CT molecular complexity index is 561. The van der Waals surface area contributed by atoms with Gasteiger partial charge in [-0.25, -0.2) is 0 Å². The molecule has 100 valence electrons. The fraction of sp³-hybridized carbons (Fsp3) is 0.267. The lowest BCUT2D eigenvalue weighted by Crippen LogP contribution is -2.15. The van der Waals surface area contributed by atoms with E-state index in [9.17, 15) is 4.79 Å². The second-order valence-corrected chi connectivity index (χ2v) is 4.38. The van der Waals surface area contributed by atoms with Crippen LogP contribution in [-0.4, -0.2) is 5.91 Å². The van der Waals surface area contributed by atoms with E-state index in [-0.39, 0.29) is 12.3 Å². The fourth-order valence-corrected chi connectivity index (χ4v) is 1.92. The average molecular weight is 258 g/mol. The Morgan fingerprint density at radius 3 is 2.63 bits per heavy atom. The molecule has 0 aliphatic heterocycles. The van der Waals surface area contributed by atoms with Crippen molar-refractivity contribution >= 4 is 11.6 Å². The van der Waals surface area contributed by atoms with Gasteiger partial charge in [0, 0.05) is 12.1 Å². The molecular formula is C15H18N2O2. The zero-order valence-corrected chi connectivity index (χ0v) is 11.0. The lowest BCUT2D eigenvalue weighted by atomic mass is 10.1. The number of carbonyl (C=O) groups is 1. The second kappa shape index (κ2) is 6.09. The van der Waals surface area contributed by atoms with Crippen LogP contribution >= 0.6 is 0 Å². The molecule has 0 radical (unpaired) electrons. The zero-order valence-electron chi connectivity index (χ0n) is 11.0. The van der Waals surface area contributed by atoms with Crippen molar-refractivity contribution in [2.45, 2.75) is 26.3 Å². The lowest BCUT2D eigenvalue weighted by Gasteiger charge is -2.09. The van der Waals surface area contributed by atoms with Crippen molar-refractivity contribution in [1.82, 2.24) is 0 Å². The summed E-state index contributed by atoms with van der Waals surface area (Å²) in [7, 11) is 0. The molecule has 0 bridgehead atoms. The number of furan rings is 1. The SMILES string of the molecule is CCc1ccc(CNc2ccccc2CC(N)=O)o1. The van der Waals surface area contributed by atoms with E-state index < -0.39 is 0 Å². The smallest absolute Gasteiger partial charge is 0.221 e. The van der Waals surface area contributed by atoms with E-state index in [4.69, 9.17) is 10.2 Å². The van der Waals surface area contributed by atoms with Gasteiger partial charge in [0.05, 0.1) is 13.0 Å². The van der Waals surface area contributed by atoms with E-state index >= 15 is 0 Å². The van der Waals surface area contributed by atoms with Crippen molar-refractivity contribution in [1.29, 1.82) is 0 Å². The monoisotopic (exact) mass is 258 g/mol. The minimum Gasteiger partial charge on any atom is -0.464 e. The number of carbonyl (C=O) groups excluding carboxylic acids is 1. The highest BCUT2D eigenvalue weighted by atomic mass is 16.3. The summed E-state index contributed by atoms with van der Waals surface area (Å²) in [6.07, 6.45) is 1.12. The molecule has 0 unspecified atom stereocenters. The summed E-state index contributed by atoms with van der Waals surface area (Å²) >= 11 is 0. The molecule has 19 heavy (non-hydrogen) atoms. The molecule has 2 rings (SSSR count). The number of amides is 1. The molecule has 4 nitrogen and oxygen atoms in total. The van der Waals surface area contributed by atoms with Crippen LogP contribution in [0.2, 0.25) is 0 Å². The third kappa shape index (κ3) is 3.61. The summed E-state index contributed by atoms with van der Waals surface area (Å²) in [5, 5.41) is 3.27. The highest BCUT2D eigenvalue weighted by Gasteiger charge is 2.06. The number of hydrogen-bond donors (Lipinski definition) is 2. The van der Waals surface area contributed by atoms with Crippen molar-refractivity contribution in [3.05, 3.63) is 53.5 Å². The molecule has 2 aromatic rings. The van der Waals surface area contributed by atoms with Crippen LogP contribution in [0.3, 0.4) is 0 Å². The lowest BCUT2D eigenvalue weighted by molar-refractivity contribution is -0.117. The molecule has 4 heteroatoms. The van der Waals surface area contributed by atoms with Gasteiger partial charge in [-0.05, 0) is 23.8 Å². The first-order valence-electron chi connectivity index (χ1n) is 6.36. The van der Waals surface area contributed by atoms with E-state index in [0.29, 0.717) is 6.54 Å². The number of aryl methyl sites for hydroxylation is 1. The maximum atomic E-state index is 11.0. The Morgan fingerprint density at radius 1 is 1.21 bits per heavy atom. The fourth-order valence-electron chi connectivity index (χ4n) is 1.92. The minimum absolute atomic E-state index is 0.238. The van der Waals surface area contributed by atoms with Crippen LogP contribution in [0.1, 0.15) is 24.0 Å². The molecule has 1 aromatic carbocycles. The van der Waals surface area contributed by atoms with Crippen LogP contribution in [0.5, 0.6) is 0 Å². The minimum atomic E-state index is -0.333. The Labute approximate surface area is 112 Å². The Balaban J connectivity index is 2.04. The Kier molecular flexibility index (Phi) is 4.23. The average Bonchev–Trinajstić information content (AvgIpc) is 2.85. The van der Waals surface area contributed by atoms with Gasteiger partial charge in [-0.1, -0.05) is 25.1 Å². The molecule has 0 spiro atoms. The summed E-state index contributed by atoms with van der Waals surface area (Å²) in [6, 6.07) is 11.6. The summed E-state index contributed by atoms with van der Waals surface area (Å²) < 4.78 is 5.62. The maximum absolute atomic E-state index is 11.0. The van der Waals surface area contributed by atoms with Crippen LogP contribution in [0.4, 0.5) is 5.69 Å². The summed E-state index contributed by atoms with van der Waals surface area (Å²) in [5.74, 6) is 1.52. The summed E-state index contributed by atoms with van der Waals surface area (Å²) in [6.45, 7) is 2.65. The Morgan fingerprint density at radius 2 is 1.95 bits per heavy atom. The van der Waals surface area contributed by atoms with Gasteiger partial charge in [-0.2, -0.15) is 0 Å². The molecule has 0 aliphatic carbocycles. The Hall–Kier alpha value is -2.23. The van der Waals surface area contributed by atoms with Crippen molar-refractivity contribution in [2.24, 2.45) is 5.73 Å².